The van der Waals surface area contributed by atoms with E-state index in [0.717, 1.165) is 18.0 Å². The Kier molecular flexibility index (Phi) is 4.65. The van der Waals surface area contributed by atoms with Gasteiger partial charge in [-0.1, -0.05) is 36.7 Å². The predicted molar refractivity (Wildman–Crippen MR) is 83.2 cm³/mol. The average molecular weight is 294 g/mol. The molecule has 0 radical (unpaired) electrons. The summed E-state index contributed by atoms with van der Waals surface area (Å²) in [7, 11) is 0. The Balaban J connectivity index is 1.71. The molecule has 0 aliphatic carbocycles. The van der Waals surface area contributed by atoms with Gasteiger partial charge in [0, 0.05) is 17.0 Å². The maximum Gasteiger partial charge on any atom is 0.0623 e. The lowest BCUT2D eigenvalue weighted by atomic mass is 9.81. The summed E-state index contributed by atoms with van der Waals surface area (Å²) in [4.78, 5) is 0. The van der Waals surface area contributed by atoms with Gasteiger partial charge in [0.15, 0.2) is 0 Å². The van der Waals surface area contributed by atoms with E-state index in [2.05, 4.69) is 24.4 Å². The molecule has 4 unspecified atom stereocenters. The van der Waals surface area contributed by atoms with Crippen molar-refractivity contribution in [2.75, 3.05) is 6.54 Å². The molecule has 3 heteroatoms. The number of benzene rings is 1. The normalized spacial score (nSPS) is 29.8. The molecule has 2 bridgehead atoms. The molecule has 0 aromatic heterocycles. The molecule has 2 fully saturated rings. The monoisotopic (exact) mass is 293 g/mol. The van der Waals surface area contributed by atoms with Gasteiger partial charge in [-0.2, -0.15) is 0 Å². The smallest absolute Gasteiger partial charge is 0.0623 e. The Morgan fingerprint density at radius 3 is 2.85 bits per heavy atom. The van der Waals surface area contributed by atoms with Crippen molar-refractivity contribution >= 4 is 11.6 Å². The summed E-state index contributed by atoms with van der Waals surface area (Å²) in [5.74, 6) is 0.650. The lowest BCUT2D eigenvalue weighted by molar-refractivity contribution is 0.0857. The summed E-state index contributed by atoms with van der Waals surface area (Å²) in [6.45, 7) is 3.29. The third-order valence-electron chi connectivity index (χ3n) is 4.72. The van der Waals surface area contributed by atoms with Crippen LogP contribution >= 0.6 is 11.6 Å². The van der Waals surface area contributed by atoms with Gasteiger partial charge in [-0.25, -0.2) is 0 Å². The number of nitrogens with one attached hydrogen (secondary N) is 1. The minimum Gasteiger partial charge on any atom is -0.375 e. The summed E-state index contributed by atoms with van der Waals surface area (Å²) < 4.78 is 6.04. The minimum atomic E-state index is 0.469. The van der Waals surface area contributed by atoms with Crippen LogP contribution in [0.4, 0.5) is 0 Å². The van der Waals surface area contributed by atoms with Crippen LogP contribution in [0.3, 0.4) is 0 Å². The van der Waals surface area contributed by atoms with Crippen LogP contribution in [-0.4, -0.2) is 24.8 Å². The molecular weight excluding hydrogens is 270 g/mol. The molecule has 3 rings (SSSR count). The zero-order valence-electron chi connectivity index (χ0n) is 12.1. The molecule has 0 spiro atoms. The number of rotatable bonds is 6. The van der Waals surface area contributed by atoms with E-state index in [9.17, 15) is 0 Å². The molecule has 1 aromatic carbocycles. The molecule has 20 heavy (non-hydrogen) atoms. The van der Waals surface area contributed by atoms with E-state index in [-0.39, 0.29) is 0 Å². The molecule has 1 N–H and O–H groups in total. The maximum absolute atomic E-state index is 6.33. The highest BCUT2D eigenvalue weighted by Crippen LogP contribution is 2.41. The molecule has 0 saturated carbocycles. The van der Waals surface area contributed by atoms with Gasteiger partial charge >= 0.3 is 0 Å². The van der Waals surface area contributed by atoms with Crippen molar-refractivity contribution < 1.29 is 4.74 Å². The number of ether oxygens (including phenoxy) is 1. The lowest BCUT2D eigenvalue weighted by Gasteiger charge is -2.30. The SMILES string of the molecule is CCCNC(Cc1ccccc1Cl)C1CC2CCC1O2. The Bertz CT molecular complexity index is 450. The van der Waals surface area contributed by atoms with Gasteiger partial charge < -0.3 is 10.1 Å². The van der Waals surface area contributed by atoms with Crippen LogP contribution < -0.4 is 5.32 Å². The fourth-order valence-electron chi connectivity index (χ4n) is 3.71. The number of hydrogen-bond acceptors (Lipinski definition) is 2. The number of fused-ring (bicyclic) bond motifs is 2. The highest BCUT2D eigenvalue weighted by atomic mass is 35.5. The lowest BCUT2D eigenvalue weighted by Crippen LogP contribution is -2.42. The van der Waals surface area contributed by atoms with Crippen LogP contribution in [0.5, 0.6) is 0 Å². The first-order valence-electron chi connectivity index (χ1n) is 7.90. The fraction of sp³-hybridized carbons (Fsp3) is 0.647. The van der Waals surface area contributed by atoms with Crippen LogP contribution in [0.1, 0.15) is 38.2 Å². The van der Waals surface area contributed by atoms with Crippen molar-refractivity contribution in [2.45, 2.75) is 57.3 Å². The number of halogens is 1. The molecule has 0 amide bonds. The van der Waals surface area contributed by atoms with Crippen LogP contribution in [0, 0.1) is 5.92 Å². The maximum atomic E-state index is 6.33. The Morgan fingerprint density at radius 2 is 2.20 bits per heavy atom. The second kappa shape index (κ2) is 6.46. The van der Waals surface area contributed by atoms with E-state index in [4.69, 9.17) is 16.3 Å². The van der Waals surface area contributed by atoms with Crippen LogP contribution in [0.2, 0.25) is 5.02 Å². The van der Waals surface area contributed by atoms with Crippen molar-refractivity contribution in [1.82, 2.24) is 5.32 Å². The summed E-state index contributed by atoms with van der Waals surface area (Å²) in [5, 5.41) is 4.62. The second-order valence-electron chi connectivity index (χ2n) is 6.13. The van der Waals surface area contributed by atoms with Gasteiger partial charge in [-0.15, -0.1) is 0 Å². The summed E-state index contributed by atoms with van der Waals surface area (Å²) in [5.41, 5.74) is 1.26. The standard InChI is InChI=1S/C17H24ClNO/c1-2-9-19-16(10-12-5-3-4-6-15(12)18)14-11-13-7-8-17(14)20-13/h3-6,13-14,16-17,19H,2,7-11H2,1H3. The van der Waals surface area contributed by atoms with Gasteiger partial charge in [0.25, 0.3) is 0 Å². The van der Waals surface area contributed by atoms with E-state index in [1.54, 1.807) is 0 Å². The van der Waals surface area contributed by atoms with E-state index < -0.39 is 0 Å². The first-order valence-corrected chi connectivity index (χ1v) is 8.28. The quantitative estimate of drug-likeness (QED) is 0.861. The van der Waals surface area contributed by atoms with E-state index in [1.807, 2.05) is 12.1 Å². The van der Waals surface area contributed by atoms with Gasteiger partial charge in [0.1, 0.15) is 0 Å². The molecule has 2 nitrogen and oxygen atoms in total. The van der Waals surface area contributed by atoms with Crippen molar-refractivity contribution in [3.63, 3.8) is 0 Å². The summed E-state index contributed by atoms with van der Waals surface area (Å²) >= 11 is 6.33. The van der Waals surface area contributed by atoms with Gasteiger partial charge in [0.05, 0.1) is 12.2 Å². The van der Waals surface area contributed by atoms with Crippen LogP contribution in [0.25, 0.3) is 0 Å². The molecule has 2 saturated heterocycles. The van der Waals surface area contributed by atoms with Crippen molar-refractivity contribution in [2.24, 2.45) is 5.92 Å². The minimum absolute atomic E-state index is 0.469. The number of hydrogen-bond donors (Lipinski definition) is 1. The van der Waals surface area contributed by atoms with Crippen molar-refractivity contribution in [1.29, 1.82) is 0 Å². The largest absolute Gasteiger partial charge is 0.375 e. The van der Waals surface area contributed by atoms with Gasteiger partial charge in [0.2, 0.25) is 0 Å². The fourth-order valence-corrected chi connectivity index (χ4v) is 3.92. The molecule has 2 aliphatic heterocycles. The molecule has 110 valence electrons. The van der Waals surface area contributed by atoms with E-state index >= 15 is 0 Å². The van der Waals surface area contributed by atoms with Crippen LogP contribution in [0.15, 0.2) is 24.3 Å². The first kappa shape index (κ1) is 14.4. The van der Waals surface area contributed by atoms with Gasteiger partial charge in [-0.3, -0.25) is 0 Å². The zero-order valence-corrected chi connectivity index (χ0v) is 12.9. The Morgan fingerprint density at radius 1 is 1.35 bits per heavy atom. The molecule has 4 atom stereocenters. The van der Waals surface area contributed by atoms with Crippen molar-refractivity contribution in [3.05, 3.63) is 34.9 Å². The molecule has 2 aliphatic rings. The molecule has 1 aromatic rings. The molecular formula is C17H24ClNO. The highest BCUT2D eigenvalue weighted by Gasteiger charge is 2.44. The predicted octanol–water partition coefficient (Wildman–Crippen LogP) is 3.82. The third-order valence-corrected chi connectivity index (χ3v) is 5.09. The van der Waals surface area contributed by atoms with Crippen molar-refractivity contribution in [3.8, 4) is 0 Å². The topological polar surface area (TPSA) is 21.3 Å². The van der Waals surface area contributed by atoms with Gasteiger partial charge in [-0.05, 0) is 50.3 Å². The summed E-state index contributed by atoms with van der Waals surface area (Å²) in [6, 6.07) is 8.71. The highest BCUT2D eigenvalue weighted by molar-refractivity contribution is 6.31. The Hall–Kier alpha value is -0.570. The third kappa shape index (κ3) is 3.03. The molecule has 2 heterocycles. The first-order chi connectivity index (χ1) is 9.78. The zero-order chi connectivity index (χ0) is 13.9. The second-order valence-corrected chi connectivity index (χ2v) is 6.54. The van der Waals surface area contributed by atoms with Crippen LogP contribution in [-0.2, 0) is 11.2 Å². The average Bonchev–Trinajstić information content (AvgIpc) is 3.08. The Labute approximate surface area is 126 Å². The van der Waals surface area contributed by atoms with E-state index in [1.165, 1.54) is 31.2 Å². The van der Waals surface area contributed by atoms with E-state index in [0.29, 0.717) is 24.2 Å². The summed E-state index contributed by atoms with van der Waals surface area (Å²) in [6.07, 6.45) is 6.88.